The van der Waals surface area contributed by atoms with Crippen molar-refractivity contribution in [3.8, 4) is 0 Å². The van der Waals surface area contributed by atoms with Gasteiger partial charge >= 0.3 is 0 Å². The van der Waals surface area contributed by atoms with Crippen LogP contribution >= 0.6 is 0 Å². The molecule has 0 N–H and O–H groups in total. The molecule has 3 aliphatic heterocycles. The van der Waals surface area contributed by atoms with Gasteiger partial charge in [-0.1, -0.05) is 0 Å². The number of nitrogens with zero attached hydrogens (tertiary/aromatic N) is 3. The Kier molecular flexibility index (Phi) is 5.89. The molecule has 154 valence electrons. The van der Waals surface area contributed by atoms with Crippen LogP contribution in [0.25, 0.3) is 0 Å². The second kappa shape index (κ2) is 8.39. The highest BCUT2D eigenvalue weighted by atomic mass is 32.2. The van der Waals surface area contributed by atoms with E-state index in [2.05, 4.69) is 4.90 Å². The van der Waals surface area contributed by atoms with E-state index in [-0.39, 0.29) is 11.7 Å². The van der Waals surface area contributed by atoms with E-state index in [4.69, 9.17) is 4.74 Å². The number of hydrogen-bond acceptors (Lipinski definition) is 5. The third-order valence-corrected chi connectivity index (χ3v) is 7.89. The second-order valence-corrected chi connectivity index (χ2v) is 9.95. The van der Waals surface area contributed by atoms with Gasteiger partial charge < -0.3 is 9.64 Å². The molecule has 8 heteroatoms. The molecule has 3 fully saturated rings. The monoisotopic (exact) mass is 407 g/mol. The van der Waals surface area contributed by atoms with Crippen LogP contribution in [-0.2, 0) is 14.8 Å². The second-order valence-electron chi connectivity index (χ2n) is 7.94. The number of anilines is 1. The quantitative estimate of drug-likeness (QED) is 0.755. The summed E-state index contributed by atoms with van der Waals surface area (Å²) >= 11 is 0. The van der Waals surface area contributed by atoms with Crippen molar-refractivity contribution < 1.29 is 17.9 Å². The minimum absolute atomic E-state index is 0.0423. The molecule has 7 nitrogen and oxygen atoms in total. The maximum atomic E-state index is 12.8. The SMILES string of the molecule is O=C(c1ccc(N2CCCS2(=O)=O)cc1)N1CCC(CN2CCOCC2)CC1. The Balaban J connectivity index is 1.31. The smallest absolute Gasteiger partial charge is 0.253 e. The van der Waals surface area contributed by atoms with Gasteiger partial charge in [0.2, 0.25) is 10.0 Å². The maximum absolute atomic E-state index is 12.8. The molecule has 0 saturated carbocycles. The van der Waals surface area contributed by atoms with Crippen molar-refractivity contribution in [1.82, 2.24) is 9.80 Å². The van der Waals surface area contributed by atoms with Crippen molar-refractivity contribution in [1.29, 1.82) is 0 Å². The summed E-state index contributed by atoms with van der Waals surface area (Å²) in [6.45, 7) is 6.87. The Morgan fingerprint density at radius 1 is 1.00 bits per heavy atom. The Labute approximate surface area is 167 Å². The molecule has 0 radical (unpaired) electrons. The topological polar surface area (TPSA) is 70.2 Å². The zero-order valence-electron chi connectivity index (χ0n) is 16.3. The van der Waals surface area contributed by atoms with Gasteiger partial charge in [-0.25, -0.2) is 8.42 Å². The highest BCUT2D eigenvalue weighted by Crippen LogP contribution is 2.25. The molecule has 3 saturated heterocycles. The van der Waals surface area contributed by atoms with Gasteiger partial charge in [-0.15, -0.1) is 0 Å². The van der Waals surface area contributed by atoms with E-state index >= 15 is 0 Å². The van der Waals surface area contributed by atoms with Crippen molar-refractivity contribution in [2.75, 3.05) is 62.5 Å². The first-order valence-corrected chi connectivity index (χ1v) is 11.8. The van der Waals surface area contributed by atoms with Gasteiger partial charge in [0, 0.05) is 44.8 Å². The van der Waals surface area contributed by atoms with Crippen molar-refractivity contribution in [3.05, 3.63) is 29.8 Å². The van der Waals surface area contributed by atoms with Gasteiger partial charge in [-0.3, -0.25) is 14.0 Å². The van der Waals surface area contributed by atoms with E-state index in [9.17, 15) is 13.2 Å². The van der Waals surface area contributed by atoms with Crippen LogP contribution in [0.5, 0.6) is 0 Å². The lowest BCUT2D eigenvalue weighted by atomic mass is 9.95. The van der Waals surface area contributed by atoms with Crippen LogP contribution in [0.4, 0.5) is 5.69 Å². The standard InChI is InChI=1S/C20H29N3O4S/c24-20(18-2-4-19(5-3-18)23-8-1-15-28(23,25)26)22-9-6-17(7-10-22)16-21-11-13-27-14-12-21/h2-5,17H,1,6-16H2. The zero-order chi connectivity index (χ0) is 19.6. The number of piperidine rings is 1. The molecule has 4 rings (SSSR count). The third-order valence-electron chi connectivity index (χ3n) is 6.02. The number of benzene rings is 1. The van der Waals surface area contributed by atoms with E-state index in [1.54, 1.807) is 24.3 Å². The number of carbonyl (C=O) groups excluding carboxylic acids is 1. The minimum atomic E-state index is -3.19. The fourth-order valence-electron chi connectivity index (χ4n) is 4.35. The largest absolute Gasteiger partial charge is 0.379 e. The lowest BCUT2D eigenvalue weighted by Gasteiger charge is -2.36. The highest BCUT2D eigenvalue weighted by Gasteiger charge is 2.29. The first-order chi connectivity index (χ1) is 13.5. The molecule has 0 unspecified atom stereocenters. The molecule has 0 aromatic heterocycles. The van der Waals surface area contributed by atoms with Crippen molar-refractivity contribution in [2.45, 2.75) is 19.3 Å². The predicted octanol–water partition coefficient (Wildman–Crippen LogP) is 1.41. The molecular weight excluding hydrogens is 378 g/mol. The highest BCUT2D eigenvalue weighted by molar-refractivity contribution is 7.93. The summed E-state index contributed by atoms with van der Waals surface area (Å²) in [7, 11) is -3.19. The van der Waals surface area contributed by atoms with Crippen molar-refractivity contribution >= 4 is 21.6 Å². The maximum Gasteiger partial charge on any atom is 0.253 e. The fraction of sp³-hybridized carbons (Fsp3) is 0.650. The number of morpholine rings is 1. The van der Waals surface area contributed by atoms with Crippen molar-refractivity contribution in [2.24, 2.45) is 5.92 Å². The molecule has 0 spiro atoms. The van der Waals surface area contributed by atoms with E-state index in [0.29, 0.717) is 30.1 Å². The van der Waals surface area contributed by atoms with Crippen LogP contribution in [0.3, 0.4) is 0 Å². The molecule has 28 heavy (non-hydrogen) atoms. The van der Waals surface area contributed by atoms with Gasteiger partial charge in [0.1, 0.15) is 0 Å². The van der Waals surface area contributed by atoms with Gasteiger partial charge in [-0.2, -0.15) is 0 Å². The Hall–Kier alpha value is -1.64. The molecule has 1 aromatic carbocycles. The van der Waals surface area contributed by atoms with E-state index in [0.717, 1.165) is 58.8 Å². The average molecular weight is 408 g/mol. The summed E-state index contributed by atoms with van der Waals surface area (Å²) < 4.78 is 30.9. The van der Waals surface area contributed by atoms with Gasteiger partial charge in [0.15, 0.2) is 0 Å². The van der Waals surface area contributed by atoms with Gasteiger partial charge in [0.05, 0.1) is 24.7 Å². The number of amides is 1. The number of carbonyl (C=O) groups is 1. The molecular formula is C20H29N3O4S. The summed E-state index contributed by atoms with van der Waals surface area (Å²) in [4.78, 5) is 17.2. The fourth-order valence-corrected chi connectivity index (χ4v) is 5.91. The van der Waals surface area contributed by atoms with Crippen LogP contribution in [0.15, 0.2) is 24.3 Å². The molecule has 3 heterocycles. The number of hydrogen-bond donors (Lipinski definition) is 0. The molecule has 0 atom stereocenters. The van der Waals surface area contributed by atoms with Crippen LogP contribution in [-0.4, -0.2) is 82.4 Å². The Bertz CT molecular complexity index is 782. The summed E-state index contributed by atoms with van der Waals surface area (Å²) in [5.41, 5.74) is 1.28. The summed E-state index contributed by atoms with van der Waals surface area (Å²) in [6.07, 6.45) is 2.73. The summed E-state index contributed by atoms with van der Waals surface area (Å²) in [5, 5.41) is 0. The van der Waals surface area contributed by atoms with E-state index < -0.39 is 10.0 Å². The first-order valence-electron chi connectivity index (χ1n) is 10.2. The summed E-state index contributed by atoms with van der Waals surface area (Å²) in [6, 6.07) is 7.01. The molecule has 1 aromatic rings. The van der Waals surface area contributed by atoms with Crippen LogP contribution in [0.2, 0.25) is 0 Å². The van der Waals surface area contributed by atoms with Crippen LogP contribution in [0, 0.1) is 5.92 Å². The van der Waals surface area contributed by atoms with E-state index in [1.807, 2.05) is 4.90 Å². The molecule has 0 bridgehead atoms. The van der Waals surface area contributed by atoms with Gasteiger partial charge in [0.25, 0.3) is 5.91 Å². The lowest BCUT2D eigenvalue weighted by Crippen LogP contribution is -2.44. The number of likely N-dealkylation sites (tertiary alicyclic amines) is 1. The van der Waals surface area contributed by atoms with Crippen LogP contribution in [0.1, 0.15) is 29.6 Å². The van der Waals surface area contributed by atoms with Crippen molar-refractivity contribution in [3.63, 3.8) is 0 Å². The van der Waals surface area contributed by atoms with Gasteiger partial charge in [-0.05, 0) is 49.4 Å². The molecule has 1 amide bonds. The number of rotatable bonds is 4. The number of sulfonamides is 1. The first kappa shape index (κ1) is 19.7. The molecule has 0 aliphatic carbocycles. The predicted molar refractivity (Wildman–Crippen MR) is 108 cm³/mol. The number of ether oxygens (including phenoxy) is 1. The summed E-state index contributed by atoms with van der Waals surface area (Å²) in [5.74, 6) is 0.887. The zero-order valence-corrected chi connectivity index (χ0v) is 17.1. The lowest BCUT2D eigenvalue weighted by molar-refractivity contribution is 0.0243. The van der Waals surface area contributed by atoms with E-state index in [1.165, 1.54) is 4.31 Å². The minimum Gasteiger partial charge on any atom is -0.379 e. The Morgan fingerprint density at radius 2 is 1.68 bits per heavy atom. The normalized spacial score (nSPS) is 23.9. The third kappa shape index (κ3) is 4.34. The average Bonchev–Trinajstić information content (AvgIpc) is 3.08. The van der Waals surface area contributed by atoms with Crippen LogP contribution < -0.4 is 4.31 Å². The molecule has 3 aliphatic rings. The Morgan fingerprint density at radius 3 is 2.29 bits per heavy atom.